The summed E-state index contributed by atoms with van der Waals surface area (Å²) in [6.07, 6.45) is 6.08. The van der Waals surface area contributed by atoms with Crippen LogP contribution in [0.2, 0.25) is 0 Å². The van der Waals surface area contributed by atoms with Crippen molar-refractivity contribution in [2.45, 2.75) is 6.04 Å². The van der Waals surface area contributed by atoms with Gasteiger partial charge in [-0.05, 0) is 48.0 Å². The zero-order valence-electron chi connectivity index (χ0n) is 13.0. The average molecular weight is 340 g/mol. The predicted molar refractivity (Wildman–Crippen MR) is 88.8 cm³/mol. The fourth-order valence-electron chi connectivity index (χ4n) is 2.37. The standard InChI is InChI=1S/C18H14F2N4O/c19-13-3-4-16(20)15(10-13)17(12-5-8-21-9-6-12)24-18(25)23-14-2-1-7-22-11-14/h1-11,17H,(H2,23,24,25). The number of amides is 2. The number of nitrogens with one attached hydrogen (secondary N) is 2. The van der Waals surface area contributed by atoms with Gasteiger partial charge in [0, 0.05) is 24.2 Å². The maximum atomic E-state index is 14.2. The first-order chi connectivity index (χ1) is 12.1. The number of rotatable bonds is 4. The van der Waals surface area contributed by atoms with Crippen LogP contribution in [0, 0.1) is 11.6 Å². The molecule has 126 valence electrons. The molecular formula is C18H14F2N4O. The molecule has 2 heterocycles. The Morgan fingerprint density at radius 1 is 1.00 bits per heavy atom. The SMILES string of the molecule is O=C(Nc1cccnc1)NC(c1ccncc1)c1cc(F)ccc1F. The minimum absolute atomic E-state index is 0.0209. The highest BCUT2D eigenvalue weighted by Crippen LogP contribution is 2.25. The smallest absolute Gasteiger partial charge is 0.320 e. The number of hydrogen-bond donors (Lipinski definition) is 2. The minimum atomic E-state index is -0.879. The lowest BCUT2D eigenvalue weighted by Crippen LogP contribution is -2.33. The number of pyridine rings is 2. The molecule has 0 aliphatic heterocycles. The van der Waals surface area contributed by atoms with E-state index in [1.165, 1.54) is 18.6 Å². The van der Waals surface area contributed by atoms with Crippen LogP contribution < -0.4 is 10.6 Å². The van der Waals surface area contributed by atoms with Gasteiger partial charge in [0.1, 0.15) is 11.6 Å². The van der Waals surface area contributed by atoms with Gasteiger partial charge < -0.3 is 10.6 Å². The molecule has 0 bridgehead atoms. The Kier molecular flexibility index (Phi) is 4.94. The number of aromatic nitrogens is 2. The average Bonchev–Trinajstić information content (AvgIpc) is 2.63. The molecule has 0 aliphatic rings. The van der Waals surface area contributed by atoms with Crippen LogP contribution in [0.5, 0.6) is 0 Å². The molecule has 7 heteroatoms. The van der Waals surface area contributed by atoms with E-state index in [-0.39, 0.29) is 5.56 Å². The van der Waals surface area contributed by atoms with Crippen LogP contribution in [0.1, 0.15) is 17.2 Å². The second-order valence-corrected chi connectivity index (χ2v) is 5.22. The maximum absolute atomic E-state index is 14.2. The molecule has 0 fully saturated rings. The lowest BCUT2D eigenvalue weighted by molar-refractivity contribution is 0.250. The molecule has 0 saturated heterocycles. The molecule has 0 aliphatic carbocycles. The van der Waals surface area contributed by atoms with Crippen LogP contribution in [-0.4, -0.2) is 16.0 Å². The Morgan fingerprint density at radius 3 is 2.52 bits per heavy atom. The van der Waals surface area contributed by atoms with Gasteiger partial charge >= 0.3 is 6.03 Å². The van der Waals surface area contributed by atoms with E-state index >= 15 is 0 Å². The van der Waals surface area contributed by atoms with Crippen LogP contribution >= 0.6 is 0 Å². The summed E-state index contributed by atoms with van der Waals surface area (Å²) >= 11 is 0. The van der Waals surface area contributed by atoms with Crippen molar-refractivity contribution in [2.24, 2.45) is 0 Å². The van der Waals surface area contributed by atoms with Gasteiger partial charge in [0.25, 0.3) is 0 Å². The van der Waals surface area contributed by atoms with Gasteiger partial charge in [0.05, 0.1) is 17.9 Å². The number of carbonyl (C=O) groups excluding carboxylic acids is 1. The molecule has 2 N–H and O–H groups in total. The first-order valence-corrected chi connectivity index (χ1v) is 7.46. The van der Waals surface area contributed by atoms with E-state index in [2.05, 4.69) is 20.6 Å². The lowest BCUT2D eigenvalue weighted by Gasteiger charge is -2.20. The van der Waals surface area contributed by atoms with Gasteiger partial charge in [-0.1, -0.05) is 0 Å². The third-order valence-corrected chi connectivity index (χ3v) is 3.50. The van der Waals surface area contributed by atoms with Crippen molar-refractivity contribution < 1.29 is 13.6 Å². The first-order valence-electron chi connectivity index (χ1n) is 7.46. The Bertz CT molecular complexity index is 859. The number of anilines is 1. The Hall–Kier alpha value is -3.35. The highest BCUT2D eigenvalue weighted by Gasteiger charge is 2.21. The molecule has 3 rings (SSSR count). The third-order valence-electron chi connectivity index (χ3n) is 3.50. The summed E-state index contributed by atoms with van der Waals surface area (Å²) in [5.74, 6) is -1.21. The van der Waals surface area contributed by atoms with E-state index in [1.54, 1.807) is 30.5 Å². The third kappa shape index (κ3) is 4.14. The summed E-state index contributed by atoms with van der Waals surface area (Å²) in [6.45, 7) is 0. The largest absolute Gasteiger partial charge is 0.327 e. The summed E-state index contributed by atoms with van der Waals surface area (Å²) in [7, 11) is 0. The molecule has 2 aromatic heterocycles. The number of urea groups is 1. The van der Waals surface area contributed by atoms with Crippen LogP contribution in [0.15, 0.2) is 67.3 Å². The molecule has 0 saturated carbocycles. The summed E-state index contributed by atoms with van der Waals surface area (Å²) in [5.41, 5.74) is 1.07. The number of carbonyl (C=O) groups is 1. The molecule has 25 heavy (non-hydrogen) atoms. The lowest BCUT2D eigenvalue weighted by atomic mass is 9.99. The summed E-state index contributed by atoms with van der Waals surface area (Å²) in [4.78, 5) is 20.1. The topological polar surface area (TPSA) is 66.9 Å². The van der Waals surface area contributed by atoms with E-state index in [0.29, 0.717) is 11.3 Å². The molecule has 0 radical (unpaired) electrons. The van der Waals surface area contributed by atoms with Crippen molar-refractivity contribution in [2.75, 3.05) is 5.32 Å². The van der Waals surface area contributed by atoms with Crippen LogP contribution in [0.4, 0.5) is 19.3 Å². The van der Waals surface area contributed by atoms with Crippen molar-refractivity contribution in [3.8, 4) is 0 Å². The van der Waals surface area contributed by atoms with Crippen molar-refractivity contribution >= 4 is 11.7 Å². The van der Waals surface area contributed by atoms with E-state index in [4.69, 9.17) is 0 Å². The van der Waals surface area contributed by atoms with Crippen molar-refractivity contribution in [1.82, 2.24) is 15.3 Å². The molecular weight excluding hydrogens is 326 g/mol. The van der Waals surface area contributed by atoms with E-state index in [0.717, 1.165) is 18.2 Å². The number of hydrogen-bond acceptors (Lipinski definition) is 3. The Morgan fingerprint density at radius 2 is 1.80 bits per heavy atom. The van der Waals surface area contributed by atoms with Crippen molar-refractivity contribution in [3.63, 3.8) is 0 Å². The first kappa shape index (κ1) is 16.5. The van der Waals surface area contributed by atoms with E-state index in [1.807, 2.05) is 0 Å². The molecule has 0 spiro atoms. The van der Waals surface area contributed by atoms with Gasteiger partial charge in [-0.25, -0.2) is 13.6 Å². The normalized spacial score (nSPS) is 11.6. The van der Waals surface area contributed by atoms with E-state index in [9.17, 15) is 13.6 Å². The fourth-order valence-corrected chi connectivity index (χ4v) is 2.37. The highest BCUT2D eigenvalue weighted by atomic mass is 19.1. The minimum Gasteiger partial charge on any atom is -0.327 e. The molecule has 1 atom stereocenters. The van der Waals surface area contributed by atoms with Gasteiger partial charge in [-0.15, -0.1) is 0 Å². The van der Waals surface area contributed by atoms with Gasteiger partial charge in [-0.2, -0.15) is 0 Å². The molecule has 1 unspecified atom stereocenters. The molecule has 5 nitrogen and oxygen atoms in total. The molecule has 2 amide bonds. The van der Waals surface area contributed by atoms with E-state index < -0.39 is 23.7 Å². The van der Waals surface area contributed by atoms with Gasteiger partial charge in [0.15, 0.2) is 0 Å². The Labute approximate surface area is 142 Å². The zero-order valence-corrected chi connectivity index (χ0v) is 13.0. The fraction of sp³-hybridized carbons (Fsp3) is 0.0556. The van der Waals surface area contributed by atoms with Gasteiger partial charge in [0.2, 0.25) is 0 Å². The quantitative estimate of drug-likeness (QED) is 0.761. The van der Waals surface area contributed by atoms with Crippen molar-refractivity contribution in [1.29, 1.82) is 0 Å². The van der Waals surface area contributed by atoms with Crippen LogP contribution in [-0.2, 0) is 0 Å². The second kappa shape index (κ2) is 7.48. The van der Waals surface area contributed by atoms with Crippen molar-refractivity contribution in [3.05, 3.63) is 90.0 Å². The predicted octanol–water partition coefficient (Wildman–Crippen LogP) is 3.67. The van der Waals surface area contributed by atoms with Gasteiger partial charge in [-0.3, -0.25) is 9.97 Å². The Balaban J connectivity index is 1.89. The summed E-state index contributed by atoms with van der Waals surface area (Å²) < 4.78 is 27.8. The number of benzene rings is 1. The zero-order chi connectivity index (χ0) is 17.6. The number of nitrogens with zero attached hydrogens (tertiary/aromatic N) is 2. The number of halogens is 2. The van der Waals surface area contributed by atoms with Crippen LogP contribution in [0.25, 0.3) is 0 Å². The summed E-state index contributed by atoms with van der Waals surface area (Å²) in [6, 6.07) is 8.24. The summed E-state index contributed by atoms with van der Waals surface area (Å²) in [5, 5.41) is 5.26. The second-order valence-electron chi connectivity index (χ2n) is 5.22. The monoisotopic (exact) mass is 340 g/mol. The highest BCUT2D eigenvalue weighted by molar-refractivity contribution is 5.89. The molecule has 3 aromatic rings. The van der Waals surface area contributed by atoms with Crippen LogP contribution in [0.3, 0.4) is 0 Å². The molecule has 1 aromatic carbocycles. The maximum Gasteiger partial charge on any atom is 0.320 e.